The molecule has 0 radical (unpaired) electrons. The maximum absolute atomic E-state index is 13.1. The Kier molecular flexibility index (Phi) is 5.76. The number of amides is 1. The molecule has 1 atom stereocenters. The summed E-state index contributed by atoms with van der Waals surface area (Å²) in [6.07, 6.45) is 6.11. The summed E-state index contributed by atoms with van der Waals surface area (Å²) < 4.78 is 0. The van der Waals surface area contributed by atoms with Crippen molar-refractivity contribution in [3.63, 3.8) is 0 Å². The summed E-state index contributed by atoms with van der Waals surface area (Å²) in [5.74, 6) is -1.17. The molecular formula is C26H29NO3. The number of carbonyl (C=O) groups is 2. The predicted octanol–water partition coefficient (Wildman–Crippen LogP) is 5.10. The predicted molar refractivity (Wildman–Crippen MR) is 118 cm³/mol. The number of benzene rings is 2. The molecular weight excluding hydrogens is 374 g/mol. The number of ketones is 1. The molecule has 2 aromatic carbocycles. The third kappa shape index (κ3) is 3.55. The fourth-order valence-corrected chi connectivity index (χ4v) is 4.69. The highest BCUT2D eigenvalue weighted by Crippen LogP contribution is 2.41. The van der Waals surface area contributed by atoms with Crippen LogP contribution in [0.2, 0.25) is 0 Å². The number of aliphatic hydroxyl groups is 1. The van der Waals surface area contributed by atoms with Crippen molar-refractivity contribution in [2.75, 3.05) is 6.54 Å². The summed E-state index contributed by atoms with van der Waals surface area (Å²) in [4.78, 5) is 27.6. The van der Waals surface area contributed by atoms with Crippen molar-refractivity contribution < 1.29 is 14.7 Å². The number of rotatable bonds is 5. The van der Waals surface area contributed by atoms with Crippen LogP contribution in [0.1, 0.15) is 66.5 Å². The Morgan fingerprint density at radius 1 is 1.07 bits per heavy atom. The number of unbranched alkanes of at least 4 members (excludes halogenated alkanes) is 1. The minimum Gasteiger partial charge on any atom is -0.507 e. The smallest absolute Gasteiger partial charge is 0.295 e. The van der Waals surface area contributed by atoms with Crippen LogP contribution >= 0.6 is 0 Å². The van der Waals surface area contributed by atoms with Crippen molar-refractivity contribution >= 4 is 17.4 Å². The van der Waals surface area contributed by atoms with Gasteiger partial charge in [-0.1, -0.05) is 49.7 Å². The van der Waals surface area contributed by atoms with Gasteiger partial charge in [0.05, 0.1) is 11.6 Å². The minimum atomic E-state index is -0.588. The second kappa shape index (κ2) is 8.47. The minimum absolute atomic E-state index is 0.0611. The number of hydrogen-bond acceptors (Lipinski definition) is 3. The molecule has 0 spiro atoms. The maximum Gasteiger partial charge on any atom is 0.295 e. The lowest BCUT2D eigenvalue weighted by molar-refractivity contribution is -0.139. The van der Waals surface area contributed by atoms with Crippen LogP contribution in [-0.4, -0.2) is 28.2 Å². The van der Waals surface area contributed by atoms with Crippen LogP contribution in [0, 0.1) is 6.92 Å². The number of fused-ring (bicyclic) bond motifs is 1. The Bertz CT molecular complexity index is 1020. The SMILES string of the molecule is CCCCN1C(=O)C(=O)/C(=C(/O)c2ccc3c(c2)CCCC3)C1c1ccccc1C. The summed E-state index contributed by atoms with van der Waals surface area (Å²) in [5.41, 5.74) is 5.29. The molecule has 1 saturated heterocycles. The van der Waals surface area contributed by atoms with Crippen molar-refractivity contribution in [3.05, 3.63) is 75.9 Å². The molecule has 1 amide bonds. The Labute approximate surface area is 178 Å². The van der Waals surface area contributed by atoms with Gasteiger partial charge in [0, 0.05) is 12.1 Å². The van der Waals surface area contributed by atoms with Gasteiger partial charge >= 0.3 is 0 Å². The molecule has 4 nitrogen and oxygen atoms in total. The van der Waals surface area contributed by atoms with E-state index in [1.807, 2.05) is 43.3 Å². The van der Waals surface area contributed by atoms with Gasteiger partial charge in [-0.2, -0.15) is 0 Å². The van der Waals surface area contributed by atoms with E-state index in [2.05, 4.69) is 13.0 Å². The van der Waals surface area contributed by atoms with E-state index in [0.29, 0.717) is 12.1 Å². The lowest BCUT2D eigenvalue weighted by Crippen LogP contribution is -2.30. The summed E-state index contributed by atoms with van der Waals surface area (Å²) >= 11 is 0. The van der Waals surface area contributed by atoms with E-state index in [1.54, 1.807) is 4.90 Å². The molecule has 2 aromatic rings. The molecule has 1 heterocycles. The first-order chi connectivity index (χ1) is 14.5. The second-order valence-electron chi connectivity index (χ2n) is 8.39. The normalized spacial score (nSPS) is 20.5. The first kappa shape index (κ1) is 20.4. The molecule has 1 unspecified atom stereocenters. The van der Waals surface area contributed by atoms with Gasteiger partial charge in [-0.3, -0.25) is 9.59 Å². The fraction of sp³-hybridized carbons (Fsp3) is 0.385. The molecule has 4 heteroatoms. The number of hydrogen-bond donors (Lipinski definition) is 1. The van der Waals surface area contributed by atoms with E-state index in [9.17, 15) is 14.7 Å². The Hall–Kier alpha value is -2.88. The maximum atomic E-state index is 13.1. The molecule has 1 N–H and O–H groups in total. The van der Waals surface area contributed by atoms with Crippen molar-refractivity contribution in [3.8, 4) is 0 Å². The van der Waals surface area contributed by atoms with Crippen molar-refractivity contribution in [2.45, 2.75) is 58.4 Å². The van der Waals surface area contributed by atoms with Gasteiger partial charge in [0.25, 0.3) is 11.7 Å². The Balaban J connectivity index is 1.85. The zero-order valence-corrected chi connectivity index (χ0v) is 17.8. The molecule has 0 bridgehead atoms. The standard InChI is InChI=1S/C26H29NO3/c1-3-4-15-27-23(21-12-8-5-9-17(21)2)22(25(29)26(27)30)24(28)20-14-13-18-10-6-7-11-19(18)16-20/h5,8-9,12-14,16,23,28H,3-4,6-7,10-11,15H2,1-2H3/b24-22+. The largest absolute Gasteiger partial charge is 0.507 e. The zero-order chi connectivity index (χ0) is 21.3. The first-order valence-electron chi connectivity index (χ1n) is 11.0. The van der Waals surface area contributed by atoms with Crippen LogP contribution in [0.3, 0.4) is 0 Å². The molecule has 156 valence electrons. The Morgan fingerprint density at radius 3 is 2.53 bits per heavy atom. The molecule has 1 fully saturated rings. The van der Waals surface area contributed by atoms with E-state index in [0.717, 1.165) is 43.2 Å². The van der Waals surface area contributed by atoms with Gasteiger partial charge in [-0.15, -0.1) is 0 Å². The quantitative estimate of drug-likeness (QED) is 0.429. The highest BCUT2D eigenvalue weighted by molar-refractivity contribution is 6.46. The first-order valence-corrected chi connectivity index (χ1v) is 11.0. The van der Waals surface area contributed by atoms with Crippen LogP contribution in [0.5, 0.6) is 0 Å². The molecule has 30 heavy (non-hydrogen) atoms. The highest BCUT2D eigenvalue weighted by atomic mass is 16.3. The molecule has 1 aliphatic heterocycles. The van der Waals surface area contributed by atoms with Gasteiger partial charge in [-0.05, 0) is 67.3 Å². The summed E-state index contributed by atoms with van der Waals surface area (Å²) in [5, 5.41) is 11.3. The van der Waals surface area contributed by atoms with E-state index < -0.39 is 17.7 Å². The highest BCUT2D eigenvalue weighted by Gasteiger charge is 2.46. The monoisotopic (exact) mass is 403 g/mol. The van der Waals surface area contributed by atoms with Gasteiger partial charge < -0.3 is 10.0 Å². The lowest BCUT2D eigenvalue weighted by Gasteiger charge is -2.26. The molecule has 1 aliphatic carbocycles. The number of aryl methyl sites for hydroxylation is 3. The average molecular weight is 404 g/mol. The fourth-order valence-electron chi connectivity index (χ4n) is 4.69. The van der Waals surface area contributed by atoms with Crippen molar-refractivity contribution in [2.24, 2.45) is 0 Å². The molecule has 0 saturated carbocycles. The molecule has 4 rings (SSSR count). The lowest BCUT2D eigenvalue weighted by atomic mass is 9.88. The van der Waals surface area contributed by atoms with Crippen LogP contribution in [0.4, 0.5) is 0 Å². The summed E-state index contributed by atoms with van der Waals surface area (Å²) in [6.45, 7) is 4.54. The van der Waals surface area contributed by atoms with Gasteiger partial charge in [0.2, 0.25) is 0 Å². The topological polar surface area (TPSA) is 57.6 Å². The van der Waals surface area contributed by atoms with Gasteiger partial charge in [0.1, 0.15) is 5.76 Å². The summed E-state index contributed by atoms with van der Waals surface area (Å²) in [7, 11) is 0. The number of likely N-dealkylation sites (tertiary alicyclic amines) is 1. The second-order valence-corrected chi connectivity index (χ2v) is 8.39. The van der Waals surface area contributed by atoms with E-state index >= 15 is 0 Å². The van der Waals surface area contributed by atoms with Crippen LogP contribution in [-0.2, 0) is 22.4 Å². The molecule has 0 aromatic heterocycles. The van der Waals surface area contributed by atoms with E-state index in [-0.39, 0.29) is 11.3 Å². The Morgan fingerprint density at radius 2 is 1.80 bits per heavy atom. The van der Waals surface area contributed by atoms with Gasteiger partial charge in [-0.25, -0.2) is 0 Å². The zero-order valence-electron chi connectivity index (χ0n) is 17.8. The third-order valence-electron chi connectivity index (χ3n) is 6.40. The average Bonchev–Trinajstić information content (AvgIpc) is 3.01. The van der Waals surface area contributed by atoms with E-state index in [4.69, 9.17) is 0 Å². The number of carbonyl (C=O) groups excluding carboxylic acids is 2. The number of Topliss-reactive ketones (excluding diaryl/α,β-unsaturated/α-hetero) is 1. The van der Waals surface area contributed by atoms with Gasteiger partial charge in [0.15, 0.2) is 0 Å². The van der Waals surface area contributed by atoms with Crippen LogP contribution in [0.15, 0.2) is 48.0 Å². The van der Waals surface area contributed by atoms with Crippen LogP contribution in [0.25, 0.3) is 5.76 Å². The van der Waals surface area contributed by atoms with Crippen molar-refractivity contribution in [1.82, 2.24) is 4.90 Å². The number of nitrogens with zero attached hydrogens (tertiary/aromatic N) is 1. The molecule has 2 aliphatic rings. The van der Waals surface area contributed by atoms with Crippen molar-refractivity contribution in [1.29, 1.82) is 0 Å². The van der Waals surface area contributed by atoms with Crippen LogP contribution < -0.4 is 0 Å². The third-order valence-corrected chi connectivity index (χ3v) is 6.40. The number of aliphatic hydroxyl groups excluding tert-OH is 1. The van der Waals surface area contributed by atoms with E-state index in [1.165, 1.54) is 17.5 Å². The summed E-state index contributed by atoms with van der Waals surface area (Å²) in [6, 6.07) is 13.2.